The molecule has 0 heterocycles. The maximum Gasteiger partial charge on any atom is 0.167 e. The van der Waals surface area contributed by atoms with Crippen molar-refractivity contribution in [3.63, 3.8) is 0 Å². The van der Waals surface area contributed by atoms with Crippen molar-refractivity contribution in [1.82, 2.24) is 0 Å². The van der Waals surface area contributed by atoms with Gasteiger partial charge < -0.3 is 4.74 Å². The van der Waals surface area contributed by atoms with Crippen LogP contribution in [0.2, 0.25) is 10.0 Å². The third kappa shape index (κ3) is 3.49. The van der Waals surface area contributed by atoms with E-state index in [2.05, 4.69) is 0 Å². The van der Waals surface area contributed by atoms with Gasteiger partial charge in [0.05, 0.1) is 17.2 Å². The van der Waals surface area contributed by atoms with Gasteiger partial charge in [-0.2, -0.15) is 0 Å². The first-order valence-corrected chi connectivity index (χ1v) is 6.47. The van der Waals surface area contributed by atoms with Crippen LogP contribution in [0, 0.1) is 0 Å². The predicted molar refractivity (Wildman–Crippen MR) is 77.5 cm³/mol. The van der Waals surface area contributed by atoms with E-state index in [0.717, 1.165) is 11.3 Å². The van der Waals surface area contributed by atoms with E-state index in [0.29, 0.717) is 22.0 Å². The molecule has 19 heavy (non-hydrogen) atoms. The number of benzene rings is 2. The third-order valence-electron chi connectivity index (χ3n) is 2.77. The van der Waals surface area contributed by atoms with Gasteiger partial charge in [-0.15, -0.1) is 0 Å². The van der Waals surface area contributed by atoms with E-state index >= 15 is 0 Å². The summed E-state index contributed by atoms with van der Waals surface area (Å²) in [6.45, 7) is 0. The quantitative estimate of drug-likeness (QED) is 0.780. The number of methoxy groups -OCH3 is 1. The molecule has 0 bridgehead atoms. The molecule has 0 aliphatic carbocycles. The van der Waals surface area contributed by atoms with Crippen LogP contribution in [-0.4, -0.2) is 12.9 Å². The summed E-state index contributed by atoms with van der Waals surface area (Å²) >= 11 is 11.7. The molecule has 0 N–H and O–H groups in total. The van der Waals surface area contributed by atoms with Gasteiger partial charge >= 0.3 is 0 Å². The van der Waals surface area contributed by atoms with Gasteiger partial charge in [-0.3, -0.25) is 4.79 Å². The Labute approximate surface area is 121 Å². The highest BCUT2D eigenvalue weighted by Crippen LogP contribution is 2.23. The van der Waals surface area contributed by atoms with Crippen molar-refractivity contribution >= 4 is 29.0 Å². The summed E-state index contributed by atoms with van der Waals surface area (Å²) in [6, 6.07) is 12.3. The maximum atomic E-state index is 12.1. The molecule has 0 saturated heterocycles. The van der Waals surface area contributed by atoms with Crippen LogP contribution in [0.25, 0.3) is 0 Å². The number of rotatable bonds is 4. The topological polar surface area (TPSA) is 26.3 Å². The van der Waals surface area contributed by atoms with Crippen molar-refractivity contribution < 1.29 is 9.53 Å². The number of hydrogen-bond donors (Lipinski definition) is 0. The van der Waals surface area contributed by atoms with Crippen molar-refractivity contribution in [3.8, 4) is 5.75 Å². The number of hydrogen-bond acceptors (Lipinski definition) is 2. The molecule has 0 aliphatic rings. The molecule has 0 aliphatic heterocycles. The minimum Gasteiger partial charge on any atom is -0.497 e. The fourth-order valence-electron chi connectivity index (χ4n) is 1.70. The van der Waals surface area contributed by atoms with Crippen LogP contribution < -0.4 is 4.74 Å². The molecular formula is C15H12Cl2O2. The van der Waals surface area contributed by atoms with E-state index in [1.165, 1.54) is 0 Å². The molecule has 2 aromatic rings. The normalized spacial score (nSPS) is 10.3. The highest BCUT2D eigenvalue weighted by molar-refractivity contribution is 6.42. The summed E-state index contributed by atoms with van der Waals surface area (Å²) < 4.78 is 5.07. The SMILES string of the molecule is COc1ccc(CC(=O)c2ccc(Cl)c(Cl)c2)cc1. The molecule has 2 aromatic carbocycles. The second kappa shape index (κ2) is 6.09. The van der Waals surface area contributed by atoms with Gasteiger partial charge in [-0.1, -0.05) is 35.3 Å². The molecule has 98 valence electrons. The molecule has 2 nitrogen and oxygen atoms in total. The van der Waals surface area contributed by atoms with Crippen LogP contribution in [0.15, 0.2) is 42.5 Å². The monoisotopic (exact) mass is 294 g/mol. The van der Waals surface area contributed by atoms with Crippen LogP contribution in [0.4, 0.5) is 0 Å². The summed E-state index contributed by atoms with van der Waals surface area (Å²) in [5.74, 6) is 0.773. The molecule has 0 fully saturated rings. The number of carbonyl (C=O) groups excluding carboxylic acids is 1. The van der Waals surface area contributed by atoms with Crippen LogP contribution in [0.1, 0.15) is 15.9 Å². The lowest BCUT2D eigenvalue weighted by molar-refractivity contribution is 0.0993. The Bertz CT molecular complexity index is 592. The van der Waals surface area contributed by atoms with Crippen molar-refractivity contribution in [2.24, 2.45) is 0 Å². The zero-order valence-electron chi connectivity index (χ0n) is 10.3. The minimum atomic E-state index is 0.00346. The number of ether oxygens (including phenoxy) is 1. The highest BCUT2D eigenvalue weighted by atomic mass is 35.5. The van der Waals surface area contributed by atoms with E-state index < -0.39 is 0 Å². The predicted octanol–water partition coefficient (Wildman–Crippen LogP) is 4.43. The van der Waals surface area contributed by atoms with Crippen molar-refractivity contribution in [1.29, 1.82) is 0 Å². The second-order valence-electron chi connectivity index (χ2n) is 4.08. The largest absolute Gasteiger partial charge is 0.497 e. The molecule has 0 unspecified atom stereocenters. The molecule has 0 spiro atoms. The number of halogens is 2. The lowest BCUT2D eigenvalue weighted by Gasteiger charge is -2.04. The molecule has 4 heteroatoms. The molecule has 0 radical (unpaired) electrons. The summed E-state index contributed by atoms with van der Waals surface area (Å²) in [5, 5.41) is 0.838. The van der Waals surface area contributed by atoms with E-state index in [-0.39, 0.29) is 5.78 Å². The van der Waals surface area contributed by atoms with Gasteiger partial charge in [-0.05, 0) is 35.9 Å². The molecule has 2 rings (SSSR count). The summed E-state index contributed by atoms with van der Waals surface area (Å²) in [4.78, 5) is 12.1. The van der Waals surface area contributed by atoms with Gasteiger partial charge in [0.25, 0.3) is 0 Å². The van der Waals surface area contributed by atoms with Gasteiger partial charge in [-0.25, -0.2) is 0 Å². The van der Waals surface area contributed by atoms with E-state index in [1.807, 2.05) is 24.3 Å². The molecule has 0 aromatic heterocycles. The Hall–Kier alpha value is -1.51. The Morgan fingerprint density at radius 1 is 1.05 bits per heavy atom. The van der Waals surface area contributed by atoms with E-state index in [4.69, 9.17) is 27.9 Å². The van der Waals surface area contributed by atoms with Gasteiger partial charge in [0.2, 0.25) is 0 Å². The smallest absolute Gasteiger partial charge is 0.167 e. The standard InChI is InChI=1S/C15H12Cl2O2/c1-19-12-5-2-10(3-6-12)8-15(18)11-4-7-13(16)14(17)9-11/h2-7,9H,8H2,1H3. The van der Waals surface area contributed by atoms with Crippen LogP contribution in [0.3, 0.4) is 0 Å². The van der Waals surface area contributed by atoms with Gasteiger partial charge in [0.15, 0.2) is 5.78 Å². The molecule has 0 amide bonds. The van der Waals surface area contributed by atoms with Crippen molar-refractivity contribution in [2.45, 2.75) is 6.42 Å². The molecule has 0 atom stereocenters. The zero-order chi connectivity index (χ0) is 13.8. The molecular weight excluding hydrogens is 283 g/mol. The van der Waals surface area contributed by atoms with Gasteiger partial charge in [0.1, 0.15) is 5.75 Å². The van der Waals surface area contributed by atoms with Crippen LogP contribution in [-0.2, 0) is 6.42 Å². The number of Topliss-reactive ketones (excluding diaryl/α,β-unsaturated/α-hetero) is 1. The minimum absolute atomic E-state index is 0.00346. The summed E-state index contributed by atoms with van der Waals surface area (Å²) in [5.41, 5.74) is 1.49. The second-order valence-corrected chi connectivity index (χ2v) is 4.89. The first kappa shape index (κ1) is 13.9. The Balaban J connectivity index is 2.13. The average Bonchev–Trinajstić information content (AvgIpc) is 2.42. The molecule has 0 saturated carbocycles. The fraction of sp³-hybridized carbons (Fsp3) is 0.133. The van der Waals surface area contributed by atoms with Crippen LogP contribution in [0.5, 0.6) is 5.75 Å². The van der Waals surface area contributed by atoms with Gasteiger partial charge in [0, 0.05) is 12.0 Å². The fourth-order valence-corrected chi connectivity index (χ4v) is 2.00. The lowest BCUT2D eigenvalue weighted by atomic mass is 10.0. The Morgan fingerprint density at radius 3 is 2.32 bits per heavy atom. The van der Waals surface area contributed by atoms with Crippen molar-refractivity contribution in [2.75, 3.05) is 7.11 Å². The maximum absolute atomic E-state index is 12.1. The lowest BCUT2D eigenvalue weighted by Crippen LogP contribution is -2.03. The highest BCUT2D eigenvalue weighted by Gasteiger charge is 2.09. The Kier molecular flexibility index (Phi) is 4.46. The third-order valence-corrected chi connectivity index (χ3v) is 3.50. The number of ketones is 1. The average molecular weight is 295 g/mol. The zero-order valence-corrected chi connectivity index (χ0v) is 11.8. The van der Waals surface area contributed by atoms with Crippen LogP contribution >= 0.6 is 23.2 Å². The first-order chi connectivity index (χ1) is 9.10. The summed E-state index contributed by atoms with van der Waals surface area (Å²) in [6.07, 6.45) is 0.321. The first-order valence-electron chi connectivity index (χ1n) is 5.71. The Morgan fingerprint density at radius 2 is 1.74 bits per heavy atom. The van der Waals surface area contributed by atoms with Crippen molar-refractivity contribution in [3.05, 3.63) is 63.6 Å². The summed E-state index contributed by atoms with van der Waals surface area (Å²) in [7, 11) is 1.61. The van der Waals surface area contributed by atoms with E-state index in [1.54, 1.807) is 25.3 Å². The van der Waals surface area contributed by atoms with E-state index in [9.17, 15) is 4.79 Å². The number of carbonyl (C=O) groups is 1.